The Morgan fingerprint density at radius 2 is 2.00 bits per heavy atom. The van der Waals surface area contributed by atoms with Gasteiger partial charge in [0.15, 0.2) is 0 Å². The number of nitrogens with zero attached hydrogens (tertiary/aromatic N) is 1. The quantitative estimate of drug-likeness (QED) is 0.853. The molecule has 1 fully saturated rings. The van der Waals surface area contributed by atoms with E-state index in [4.69, 9.17) is 0 Å². The van der Waals surface area contributed by atoms with E-state index in [2.05, 4.69) is 5.32 Å². The van der Waals surface area contributed by atoms with Crippen molar-refractivity contribution in [3.8, 4) is 0 Å². The maximum absolute atomic E-state index is 11.9. The van der Waals surface area contributed by atoms with Crippen LogP contribution in [0.1, 0.15) is 19.8 Å². The smallest absolute Gasteiger partial charge is 0.314 e. The van der Waals surface area contributed by atoms with Crippen LogP contribution in [0.15, 0.2) is 0 Å². The Kier molecular flexibility index (Phi) is 6.91. The van der Waals surface area contributed by atoms with Crippen molar-refractivity contribution in [2.75, 3.05) is 25.4 Å². The van der Waals surface area contributed by atoms with E-state index < -0.39 is 28.4 Å². The molecule has 1 saturated heterocycles. The molecule has 1 unspecified atom stereocenters. The summed E-state index contributed by atoms with van der Waals surface area (Å²) in [7, 11) is -3.56. The van der Waals surface area contributed by atoms with E-state index in [0.29, 0.717) is 19.6 Å². The van der Waals surface area contributed by atoms with Gasteiger partial charge in [0.1, 0.15) is 0 Å². The highest BCUT2D eigenvalue weighted by Gasteiger charge is 2.31. The van der Waals surface area contributed by atoms with Gasteiger partial charge in [0.2, 0.25) is 10.0 Å². The Bertz CT molecular complexity index is 348. The van der Waals surface area contributed by atoms with Gasteiger partial charge in [-0.2, -0.15) is 17.5 Å². The van der Waals surface area contributed by atoms with Gasteiger partial charge >= 0.3 is 6.18 Å². The third-order valence-corrected chi connectivity index (χ3v) is 4.72. The summed E-state index contributed by atoms with van der Waals surface area (Å²) in [4.78, 5) is 0. The van der Waals surface area contributed by atoms with E-state index in [1.807, 2.05) is 0 Å². The predicted molar refractivity (Wildman–Crippen MR) is 65.4 cm³/mol. The van der Waals surface area contributed by atoms with E-state index in [1.165, 1.54) is 4.31 Å². The summed E-state index contributed by atoms with van der Waals surface area (Å²) in [5.74, 6) is -0.434. The lowest BCUT2D eigenvalue weighted by Gasteiger charge is -2.32. The first kappa shape index (κ1) is 17.9. The third-order valence-electron chi connectivity index (χ3n) is 2.66. The first-order chi connectivity index (χ1) is 7.72. The van der Waals surface area contributed by atoms with E-state index in [0.717, 1.165) is 0 Å². The van der Waals surface area contributed by atoms with Crippen molar-refractivity contribution in [1.82, 2.24) is 9.62 Å². The molecule has 0 bridgehead atoms. The van der Waals surface area contributed by atoms with Crippen molar-refractivity contribution in [3.05, 3.63) is 0 Å². The summed E-state index contributed by atoms with van der Waals surface area (Å²) in [5, 5.41) is 3.03. The van der Waals surface area contributed by atoms with Crippen molar-refractivity contribution >= 4 is 22.4 Å². The number of halogens is 4. The SMILES string of the molecule is CC1CNCCN1S(=O)(=O)CCCC(F)(F)F.Cl. The van der Waals surface area contributed by atoms with Crippen molar-refractivity contribution in [1.29, 1.82) is 0 Å². The van der Waals surface area contributed by atoms with Gasteiger partial charge in [0, 0.05) is 32.1 Å². The Balaban J connectivity index is 0.00000289. The van der Waals surface area contributed by atoms with Gasteiger partial charge in [0.05, 0.1) is 5.75 Å². The number of nitrogens with one attached hydrogen (secondary N) is 1. The van der Waals surface area contributed by atoms with Crippen LogP contribution in [0.25, 0.3) is 0 Å². The maximum Gasteiger partial charge on any atom is 0.389 e. The van der Waals surface area contributed by atoms with Crippen LogP contribution in [-0.4, -0.2) is 50.3 Å². The molecule has 0 radical (unpaired) electrons. The van der Waals surface area contributed by atoms with E-state index in [-0.39, 0.29) is 24.9 Å². The lowest BCUT2D eigenvalue weighted by Crippen LogP contribution is -2.52. The molecule has 18 heavy (non-hydrogen) atoms. The molecule has 1 N–H and O–H groups in total. The molecule has 0 spiro atoms. The molecule has 1 atom stereocenters. The molecular weight excluding hydrogens is 293 g/mol. The van der Waals surface area contributed by atoms with Gasteiger partial charge in [-0.15, -0.1) is 12.4 Å². The lowest BCUT2D eigenvalue weighted by molar-refractivity contribution is -0.134. The van der Waals surface area contributed by atoms with Crippen LogP contribution in [-0.2, 0) is 10.0 Å². The molecule has 1 rings (SSSR count). The summed E-state index contributed by atoms with van der Waals surface area (Å²) >= 11 is 0. The van der Waals surface area contributed by atoms with Gasteiger partial charge in [0.25, 0.3) is 0 Å². The Morgan fingerprint density at radius 3 is 2.50 bits per heavy atom. The number of piperazine rings is 1. The second-order valence-electron chi connectivity index (χ2n) is 4.20. The van der Waals surface area contributed by atoms with E-state index in [9.17, 15) is 21.6 Å². The summed E-state index contributed by atoms with van der Waals surface area (Å²) in [6.45, 7) is 3.16. The van der Waals surface area contributed by atoms with E-state index in [1.54, 1.807) is 6.92 Å². The zero-order chi connectivity index (χ0) is 13.1. The summed E-state index contributed by atoms with van der Waals surface area (Å²) < 4.78 is 60.7. The first-order valence-corrected chi connectivity index (χ1v) is 7.10. The number of hydrogen-bond donors (Lipinski definition) is 1. The Morgan fingerprint density at radius 1 is 1.39 bits per heavy atom. The molecule has 0 aromatic heterocycles. The second kappa shape index (κ2) is 6.93. The molecule has 0 aliphatic carbocycles. The van der Waals surface area contributed by atoms with Crippen LogP contribution in [0.4, 0.5) is 13.2 Å². The normalized spacial score (nSPS) is 22.6. The van der Waals surface area contributed by atoms with Crippen LogP contribution in [0, 0.1) is 0 Å². The van der Waals surface area contributed by atoms with Crippen LogP contribution < -0.4 is 5.32 Å². The van der Waals surface area contributed by atoms with Crippen molar-refractivity contribution < 1.29 is 21.6 Å². The molecule has 0 saturated carbocycles. The molecule has 0 aromatic rings. The lowest BCUT2D eigenvalue weighted by atomic mass is 10.3. The minimum Gasteiger partial charge on any atom is -0.314 e. The Hall–Kier alpha value is -0.0500. The van der Waals surface area contributed by atoms with Crippen LogP contribution in [0.3, 0.4) is 0 Å². The van der Waals surface area contributed by atoms with E-state index >= 15 is 0 Å². The zero-order valence-electron chi connectivity index (χ0n) is 10.0. The molecule has 1 aliphatic heterocycles. The average Bonchev–Trinajstić information content (AvgIpc) is 2.15. The van der Waals surface area contributed by atoms with Gasteiger partial charge < -0.3 is 5.32 Å². The number of alkyl halides is 3. The molecule has 110 valence electrons. The highest BCUT2D eigenvalue weighted by Crippen LogP contribution is 2.22. The fourth-order valence-corrected chi connectivity index (χ4v) is 3.54. The topological polar surface area (TPSA) is 49.4 Å². The fourth-order valence-electron chi connectivity index (χ4n) is 1.81. The van der Waals surface area contributed by atoms with Gasteiger partial charge in [-0.3, -0.25) is 0 Å². The summed E-state index contributed by atoms with van der Waals surface area (Å²) in [5.41, 5.74) is 0. The number of sulfonamides is 1. The van der Waals surface area contributed by atoms with Crippen LogP contribution in [0.2, 0.25) is 0 Å². The molecule has 4 nitrogen and oxygen atoms in total. The number of hydrogen-bond acceptors (Lipinski definition) is 3. The van der Waals surface area contributed by atoms with Crippen molar-refractivity contribution in [2.24, 2.45) is 0 Å². The molecule has 1 aliphatic rings. The Labute approximate surface area is 111 Å². The molecular formula is C9H18ClF3N2O2S. The third kappa shape index (κ3) is 5.73. The first-order valence-electron chi connectivity index (χ1n) is 5.49. The van der Waals surface area contributed by atoms with Crippen molar-refractivity contribution in [2.45, 2.75) is 32.0 Å². The zero-order valence-corrected chi connectivity index (χ0v) is 11.7. The van der Waals surface area contributed by atoms with Gasteiger partial charge in [-0.25, -0.2) is 8.42 Å². The molecule has 1 heterocycles. The maximum atomic E-state index is 11.9. The fraction of sp³-hybridized carbons (Fsp3) is 1.00. The minimum atomic E-state index is -4.29. The summed E-state index contributed by atoms with van der Waals surface area (Å²) in [6, 6.07) is -0.195. The largest absolute Gasteiger partial charge is 0.389 e. The predicted octanol–water partition coefficient (Wildman–Crippen LogP) is 1.37. The standard InChI is InChI=1S/C9H17F3N2O2S.ClH/c1-8-7-13-4-5-14(8)17(15,16)6-2-3-9(10,11)12;/h8,13H,2-7H2,1H3;1H. The highest BCUT2D eigenvalue weighted by atomic mass is 35.5. The van der Waals surface area contributed by atoms with Gasteiger partial charge in [-0.05, 0) is 13.3 Å². The van der Waals surface area contributed by atoms with Crippen molar-refractivity contribution in [3.63, 3.8) is 0 Å². The monoisotopic (exact) mass is 310 g/mol. The average molecular weight is 311 g/mol. The van der Waals surface area contributed by atoms with Crippen LogP contribution >= 0.6 is 12.4 Å². The molecule has 0 amide bonds. The second-order valence-corrected chi connectivity index (χ2v) is 6.24. The highest BCUT2D eigenvalue weighted by molar-refractivity contribution is 7.89. The minimum absolute atomic E-state index is 0. The van der Waals surface area contributed by atoms with Crippen LogP contribution in [0.5, 0.6) is 0 Å². The summed E-state index contributed by atoms with van der Waals surface area (Å²) in [6.07, 6.45) is -5.71. The van der Waals surface area contributed by atoms with Gasteiger partial charge in [-0.1, -0.05) is 0 Å². The molecule has 0 aromatic carbocycles. The molecule has 9 heteroatoms. The number of rotatable bonds is 4.